The number of carboxylic acid groups (broad SMARTS) is 1. The van der Waals surface area contributed by atoms with Gasteiger partial charge in [-0.25, -0.2) is 9.18 Å². The van der Waals surface area contributed by atoms with Crippen LogP contribution < -0.4 is 5.32 Å². The number of nitrogens with one attached hydrogen (secondary N) is 1. The summed E-state index contributed by atoms with van der Waals surface area (Å²) in [7, 11) is 3.36. The number of amides is 3. The number of likely N-dealkylation sites (tertiary alicyclic amines) is 1. The van der Waals surface area contributed by atoms with E-state index in [1.807, 2.05) is 0 Å². The van der Waals surface area contributed by atoms with Gasteiger partial charge in [0.1, 0.15) is 5.82 Å². The molecule has 2 N–H and O–H groups in total. The first-order valence-corrected chi connectivity index (χ1v) is 8.51. The van der Waals surface area contributed by atoms with Crippen LogP contribution >= 0.6 is 0 Å². The Balaban J connectivity index is 1.98. The summed E-state index contributed by atoms with van der Waals surface area (Å²) in [5.41, 5.74) is 0.544. The van der Waals surface area contributed by atoms with E-state index in [0.717, 1.165) is 0 Å². The fourth-order valence-electron chi connectivity index (χ4n) is 3.03. The van der Waals surface area contributed by atoms with Crippen molar-refractivity contribution in [3.8, 4) is 0 Å². The monoisotopic (exact) mass is 365 g/mol. The topological polar surface area (TPSA) is 90.0 Å². The predicted molar refractivity (Wildman–Crippen MR) is 92.9 cm³/mol. The highest BCUT2D eigenvalue weighted by Gasteiger charge is 2.29. The molecule has 3 amide bonds. The van der Waals surface area contributed by atoms with Crippen molar-refractivity contribution in [3.63, 3.8) is 0 Å². The number of carbonyl (C=O) groups is 3. The molecule has 8 heteroatoms. The van der Waals surface area contributed by atoms with Gasteiger partial charge < -0.3 is 20.2 Å². The van der Waals surface area contributed by atoms with Crippen molar-refractivity contribution in [1.82, 2.24) is 15.1 Å². The van der Waals surface area contributed by atoms with Crippen molar-refractivity contribution in [2.45, 2.75) is 25.3 Å². The van der Waals surface area contributed by atoms with Gasteiger partial charge in [-0.15, -0.1) is 0 Å². The number of carboxylic acids is 1. The predicted octanol–water partition coefficient (Wildman–Crippen LogP) is 1.85. The number of carbonyl (C=O) groups excluding carboxylic acids is 2. The van der Waals surface area contributed by atoms with Crippen LogP contribution in [-0.4, -0.2) is 60.0 Å². The van der Waals surface area contributed by atoms with E-state index >= 15 is 0 Å². The van der Waals surface area contributed by atoms with E-state index in [9.17, 15) is 18.8 Å². The van der Waals surface area contributed by atoms with E-state index in [-0.39, 0.29) is 24.3 Å². The van der Waals surface area contributed by atoms with E-state index < -0.39 is 17.8 Å². The minimum Gasteiger partial charge on any atom is -0.481 e. The second-order valence-corrected chi connectivity index (χ2v) is 6.65. The number of hydrogen-bond acceptors (Lipinski definition) is 3. The lowest BCUT2D eigenvalue weighted by atomic mass is 9.94. The Kier molecular flexibility index (Phi) is 6.54. The van der Waals surface area contributed by atoms with Crippen molar-refractivity contribution in [1.29, 1.82) is 0 Å². The third kappa shape index (κ3) is 5.18. The molecule has 1 unspecified atom stereocenters. The van der Waals surface area contributed by atoms with Gasteiger partial charge in [-0.2, -0.15) is 0 Å². The van der Waals surface area contributed by atoms with E-state index in [0.29, 0.717) is 31.5 Å². The van der Waals surface area contributed by atoms with Gasteiger partial charge in [-0.05, 0) is 30.5 Å². The van der Waals surface area contributed by atoms with Crippen LogP contribution in [0.15, 0.2) is 24.3 Å². The first kappa shape index (κ1) is 19.7. The standard InChI is InChI=1S/C18H24FN3O4/c1-21(2)18(26)22-9-7-13(8-10-22)17(25)20-15(11-16(23)24)12-3-5-14(19)6-4-12/h3-6,13,15H,7-11H2,1-2H3,(H,20,25)(H,23,24). The lowest BCUT2D eigenvalue weighted by molar-refractivity contribution is -0.138. The molecule has 1 aromatic rings. The normalized spacial score (nSPS) is 16.0. The fraction of sp³-hybridized carbons (Fsp3) is 0.500. The van der Waals surface area contributed by atoms with Gasteiger partial charge in [-0.1, -0.05) is 12.1 Å². The maximum atomic E-state index is 13.1. The molecule has 0 bridgehead atoms. The molecule has 0 radical (unpaired) electrons. The number of halogens is 1. The molecule has 142 valence electrons. The SMILES string of the molecule is CN(C)C(=O)N1CCC(C(=O)NC(CC(=O)O)c2ccc(F)cc2)CC1. The van der Waals surface area contributed by atoms with Crippen LogP contribution in [0, 0.1) is 11.7 Å². The van der Waals surface area contributed by atoms with Gasteiger partial charge >= 0.3 is 12.0 Å². The number of nitrogens with zero attached hydrogens (tertiary/aromatic N) is 2. The zero-order valence-electron chi connectivity index (χ0n) is 14.9. The Bertz CT molecular complexity index is 655. The summed E-state index contributed by atoms with van der Waals surface area (Å²) in [6.07, 6.45) is 0.762. The molecular weight excluding hydrogens is 341 g/mol. The number of urea groups is 1. The number of aliphatic carboxylic acids is 1. The Morgan fingerprint density at radius 2 is 1.81 bits per heavy atom. The molecule has 1 atom stereocenters. The molecule has 1 aromatic carbocycles. The number of benzene rings is 1. The molecule has 26 heavy (non-hydrogen) atoms. The van der Waals surface area contributed by atoms with Crippen LogP contribution in [0.2, 0.25) is 0 Å². The van der Waals surface area contributed by atoms with Crippen molar-refractivity contribution < 1.29 is 23.9 Å². The summed E-state index contributed by atoms with van der Waals surface area (Å²) in [4.78, 5) is 38.8. The average Bonchev–Trinajstić information content (AvgIpc) is 2.60. The first-order chi connectivity index (χ1) is 12.3. The third-order valence-corrected chi connectivity index (χ3v) is 4.49. The summed E-state index contributed by atoms with van der Waals surface area (Å²) < 4.78 is 13.1. The lowest BCUT2D eigenvalue weighted by Crippen LogP contribution is -2.46. The van der Waals surface area contributed by atoms with E-state index in [2.05, 4.69) is 5.32 Å². The highest BCUT2D eigenvalue weighted by atomic mass is 19.1. The Morgan fingerprint density at radius 3 is 2.31 bits per heavy atom. The summed E-state index contributed by atoms with van der Waals surface area (Å²) >= 11 is 0. The second kappa shape index (κ2) is 8.64. The lowest BCUT2D eigenvalue weighted by Gasteiger charge is -2.33. The maximum absolute atomic E-state index is 13.1. The van der Waals surface area contributed by atoms with Crippen LogP contribution in [0.5, 0.6) is 0 Å². The molecule has 1 fully saturated rings. The van der Waals surface area contributed by atoms with Gasteiger partial charge in [-0.3, -0.25) is 9.59 Å². The van der Waals surface area contributed by atoms with Crippen LogP contribution in [-0.2, 0) is 9.59 Å². The molecule has 0 spiro atoms. The maximum Gasteiger partial charge on any atom is 0.319 e. The molecule has 0 aliphatic carbocycles. The molecule has 1 aliphatic heterocycles. The summed E-state index contributed by atoms with van der Waals surface area (Å²) in [5, 5.41) is 11.9. The van der Waals surface area contributed by atoms with Crippen molar-refractivity contribution in [2.24, 2.45) is 5.92 Å². The van der Waals surface area contributed by atoms with Gasteiger partial charge in [0.05, 0.1) is 12.5 Å². The van der Waals surface area contributed by atoms with Crippen LogP contribution in [0.4, 0.5) is 9.18 Å². The molecular formula is C18H24FN3O4. The largest absolute Gasteiger partial charge is 0.481 e. The zero-order chi connectivity index (χ0) is 19.3. The quantitative estimate of drug-likeness (QED) is 0.833. The Morgan fingerprint density at radius 1 is 1.23 bits per heavy atom. The van der Waals surface area contributed by atoms with E-state index in [4.69, 9.17) is 5.11 Å². The minimum absolute atomic E-state index is 0.0843. The van der Waals surface area contributed by atoms with E-state index in [1.54, 1.807) is 19.0 Å². The second-order valence-electron chi connectivity index (χ2n) is 6.65. The number of piperidine rings is 1. The molecule has 1 saturated heterocycles. The van der Waals surface area contributed by atoms with Crippen LogP contribution in [0.25, 0.3) is 0 Å². The van der Waals surface area contributed by atoms with Gasteiger partial charge in [0.2, 0.25) is 5.91 Å². The van der Waals surface area contributed by atoms with Gasteiger partial charge in [0, 0.05) is 33.1 Å². The molecule has 0 aromatic heterocycles. The highest BCUT2D eigenvalue weighted by Crippen LogP contribution is 2.22. The molecule has 1 aliphatic rings. The average molecular weight is 365 g/mol. The number of hydrogen-bond donors (Lipinski definition) is 2. The smallest absolute Gasteiger partial charge is 0.319 e. The third-order valence-electron chi connectivity index (χ3n) is 4.49. The molecule has 1 heterocycles. The van der Waals surface area contributed by atoms with E-state index in [1.165, 1.54) is 29.2 Å². The van der Waals surface area contributed by atoms with Crippen molar-refractivity contribution >= 4 is 17.9 Å². The van der Waals surface area contributed by atoms with Gasteiger partial charge in [0.15, 0.2) is 0 Å². The molecule has 0 saturated carbocycles. The highest BCUT2D eigenvalue weighted by molar-refractivity contribution is 5.81. The summed E-state index contributed by atoms with van der Waals surface area (Å²) in [6, 6.07) is 4.62. The Labute approximate surface area is 151 Å². The zero-order valence-corrected chi connectivity index (χ0v) is 14.9. The summed E-state index contributed by atoms with van der Waals surface area (Å²) in [6.45, 7) is 0.963. The number of rotatable bonds is 5. The first-order valence-electron chi connectivity index (χ1n) is 8.51. The molecule has 7 nitrogen and oxygen atoms in total. The van der Waals surface area contributed by atoms with Crippen LogP contribution in [0.1, 0.15) is 30.9 Å². The van der Waals surface area contributed by atoms with Crippen LogP contribution in [0.3, 0.4) is 0 Å². The van der Waals surface area contributed by atoms with Crippen molar-refractivity contribution in [2.75, 3.05) is 27.2 Å². The summed E-state index contributed by atoms with van der Waals surface area (Å²) in [5.74, 6) is -1.99. The fourth-order valence-corrected chi connectivity index (χ4v) is 3.03. The Hall–Kier alpha value is -2.64. The van der Waals surface area contributed by atoms with Crippen molar-refractivity contribution in [3.05, 3.63) is 35.6 Å². The van der Waals surface area contributed by atoms with Gasteiger partial charge in [0.25, 0.3) is 0 Å². The molecule has 2 rings (SSSR count). The minimum atomic E-state index is -1.05.